The van der Waals surface area contributed by atoms with Crippen molar-refractivity contribution < 1.29 is 4.79 Å². The van der Waals surface area contributed by atoms with E-state index in [-0.39, 0.29) is 11.9 Å². The van der Waals surface area contributed by atoms with Gasteiger partial charge in [-0.05, 0) is 58.9 Å². The Morgan fingerprint density at radius 1 is 1.32 bits per heavy atom. The molecule has 0 spiro atoms. The summed E-state index contributed by atoms with van der Waals surface area (Å²) in [6.45, 7) is 10.8. The molecular formula is C20H32N4O. The van der Waals surface area contributed by atoms with Crippen molar-refractivity contribution in [2.45, 2.75) is 58.4 Å². The second kappa shape index (κ2) is 7.73. The van der Waals surface area contributed by atoms with E-state index >= 15 is 0 Å². The zero-order valence-electron chi connectivity index (χ0n) is 16.1. The third-order valence-corrected chi connectivity index (χ3v) is 5.60. The zero-order valence-corrected chi connectivity index (χ0v) is 16.1. The lowest BCUT2D eigenvalue weighted by molar-refractivity contribution is -0.132. The Bertz CT molecular complexity index is 648. The van der Waals surface area contributed by atoms with Crippen LogP contribution in [0.25, 0.3) is 0 Å². The number of imidazole rings is 1. The quantitative estimate of drug-likeness (QED) is 0.745. The number of carbonyl (C=O) groups is 1. The van der Waals surface area contributed by atoms with Crippen LogP contribution in [0, 0.1) is 0 Å². The topological polar surface area (TPSA) is 41.4 Å². The molecule has 25 heavy (non-hydrogen) atoms. The molecule has 0 unspecified atom stereocenters. The van der Waals surface area contributed by atoms with Crippen LogP contribution in [0.3, 0.4) is 0 Å². The van der Waals surface area contributed by atoms with Gasteiger partial charge in [0.05, 0.1) is 18.3 Å². The van der Waals surface area contributed by atoms with Gasteiger partial charge in [0.1, 0.15) is 5.82 Å². The molecule has 0 aromatic carbocycles. The predicted octanol–water partition coefficient (Wildman–Crippen LogP) is 2.86. The second-order valence-corrected chi connectivity index (χ2v) is 7.62. The van der Waals surface area contributed by atoms with Crippen molar-refractivity contribution in [2.24, 2.45) is 7.05 Å². The second-order valence-electron chi connectivity index (χ2n) is 7.62. The van der Waals surface area contributed by atoms with E-state index in [4.69, 9.17) is 4.98 Å². The van der Waals surface area contributed by atoms with E-state index in [9.17, 15) is 4.79 Å². The summed E-state index contributed by atoms with van der Waals surface area (Å²) < 4.78 is 2.31. The number of hydrogen-bond acceptors (Lipinski definition) is 3. The number of hydrogen-bond donors (Lipinski definition) is 0. The van der Waals surface area contributed by atoms with Gasteiger partial charge in [-0.1, -0.05) is 12.2 Å². The lowest BCUT2D eigenvalue weighted by Crippen LogP contribution is -2.41. The maximum atomic E-state index is 12.7. The first-order valence-corrected chi connectivity index (χ1v) is 9.71. The Labute approximate surface area is 151 Å². The number of likely N-dealkylation sites (tertiary alicyclic amines) is 1. The summed E-state index contributed by atoms with van der Waals surface area (Å²) in [6, 6.07) is 0.281. The highest BCUT2D eigenvalue weighted by molar-refractivity contribution is 5.78. The molecule has 0 bridgehead atoms. The monoisotopic (exact) mass is 344 g/mol. The van der Waals surface area contributed by atoms with Crippen molar-refractivity contribution >= 4 is 5.91 Å². The maximum absolute atomic E-state index is 12.7. The Balaban J connectivity index is 1.74. The van der Waals surface area contributed by atoms with Gasteiger partial charge >= 0.3 is 0 Å². The normalized spacial score (nSPS) is 20.5. The molecule has 0 radical (unpaired) electrons. The number of nitrogens with zero attached hydrogens (tertiary/aromatic N) is 4. The van der Waals surface area contributed by atoms with E-state index in [1.807, 2.05) is 18.7 Å². The summed E-state index contributed by atoms with van der Waals surface area (Å²) >= 11 is 0. The first kappa shape index (κ1) is 18.2. The first-order valence-electron chi connectivity index (χ1n) is 9.71. The number of likely N-dealkylation sites (N-methyl/N-ethyl adjacent to an activating group) is 1. The molecule has 1 amide bonds. The summed E-state index contributed by atoms with van der Waals surface area (Å²) in [5.74, 6) is 1.37. The van der Waals surface area contributed by atoms with Crippen LogP contribution in [0.4, 0.5) is 0 Å². The predicted molar refractivity (Wildman–Crippen MR) is 100 cm³/mol. The molecule has 1 aliphatic carbocycles. The standard InChI is InChI=1S/C20H32N4O/c1-5-23(13-15(2)3)19(25)14-24-12-8-11-18(24)20-21-16-9-6-7-10-17(16)22(20)4/h18H,2,5-14H2,1,3-4H3/t18-/m0/s1. The molecule has 5 heteroatoms. The molecule has 2 aliphatic rings. The molecular weight excluding hydrogens is 312 g/mol. The Morgan fingerprint density at radius 2 is 2.08 bits per heavy atom. The fourth-order valence-electron chi connectivity index (χ4n) is 4.29. The van der Waals surface area contributed by atoms with E-state index in [1.54, 1.807) is 0 Å². The molecule has 1 atom stereocenters. The molecule has 138 valence electrons. The molecule has 3 rings (SSSR count). The zero-order chi connectivity index (χ0) is 18.0. The van der Waals surface area contributed by atoms with Gasteiger partial charge in [-0.25, -0.2) is 4.98 Å². The van der Waals surface area contributed by atoms with Crippen LogP contribution in [-0.2, 0) is 24.7 Å². The number of aromatic nitrogens is 2. The fraction of sp³-hybridized carbons (Fsp3) is 0.700. The molecule has 1 aromatic rings. The van der Waals surface area contributed by atoms with E-state index in [2.05, 4.69) is 23.1 Å². The van der Waals surface area contributed by atoms with Crippen LogP contribution in [-0.4, -0.2) is 51.4 Å². The summed E-state index contributed by atoms with van der Waals surface area (Å²) in [5.41, 5.74) is 3.74. The summed E-state index contributed by atoms with van der Waals surface area (Å²) in [7, 11) is 2.16. The smallest absolute Gasteiger partial charge is 0.237 e. The number of aryl methyl sites for hydroxylation is 1. The van der Waals surface area contributed by atoms with Crippen molar-refractivity contribution in [3.8, 4) is 0 Å². The summed E-state index contributed by atoms with van der Waals surface area (Å²) in [4.78, 5) is 22.0. The van der Waals surface area contributed by atoms with Crippen molar-refractivity contribution in [3.05, 3.63) is 29.4 Å². The van der Waals surface area contributed by atoms with E-state index < -0.39 is 0 Å². The Morgan fingerprint density at radius 3 is 2.76 bits per heavy atom. The van der Waals surface area contributed by atoms with Gasteiger partial charge in [-0.15, -0.1) is 0 Å². The fourth-order valence-corrected chi connectivity index (χ4v) is 4.29. The summed E-state index contributed by atoms with van der Waals surface area (Å²) in [6.07, 6.45) is 7.02. The molecule has 2 heterocycles. The van der Waals surface area contributed by atoms with Gasteiger partial charge in [-0.2, -0.15) is 0 Å². The van der Waals surface area contributed by atoms with Crippen molar-refractivity contribution in [1.29, 1.82) is 0 Å². The highest BCUT2D eigenvalue weighted by Crippen LogP contribution is 2.33. The van der Waals surface area contributed by atoms with Crippen LogP contribution >= 0.6 is 0 Å². The van der Waals surface area contributed by atoms with E-state index in [0.29, 0.717) is 13.1 Å². The van der Waals surface area contributed by atoms with Crippen LogP contribution in [0.5, 0.6) is 0 Å². The van der Waals surface area contributed by atoms with Gasteiger partial charge < -0.3 is 9.47 Å². The molecule has 5 nitrogen and oxygen atoms in total. The lowest BCUT2D eigenvalue weighted by atomic mass is 10.0. The van der Waals surface area contributed by atoms with Gasteiger partial charge in [0.2, 0.25) is 5.91 Å². The highest BCUT2D eigenvalue weighted by Gasteiger charge is 2.33. The molecule has 0 N–H and O–H groups in total. The number of carbonyl (C=O) groups excluding carboxylic acids is 1. The number of amides is 1. The maximum Gasteiger partial charge on any atom is 0.237 e. The van der Waals surface area contributed by atoms with Crippen LogP contribution in [0.2, 0.25) is 0 Å². The van der Waals surface area contributed by atoms with Crippen LogP contribution in [0.15, 0.2) is 12.2 Å². The molecule has 1 aliphatic heterocycles. The van der Waals surface area contributed by atoms with Crippen molar-refractivity contribution in [2.75, 3.05) is 26.2 Å². The SMILES string of the molecule is C=C(C)CN(CC)C(=O)CN1CCC[C@H]1c1nc2c(n1C)CCCC2. The number of rotatable bonds is 6. The van der Waals surface area contributed by atoms with E-state index in [1.165, 1.54) is 30.1 Å². The lowest BCUT2D eigenvalue weighted by Gasteiger charge is -2.28. The Hall–Kier alpha value is -1.62. The number of fused-ring (bicyclic) bond motifs is 1. The van der Waals surface area contributed by atoms with Gasteiger partial charge in [0, 0.05) is 25.8 Å². The highest BCUT2D eigenvalue weighted by atomic mass is 16.2. The van der Waals surface area contributed by atoms with Gasteiger partial charge in [0.15, 0.2) is 0 Å². The molecule has 1 aromatic heterocycles. The largest absolute Gasteiger partial charge is 0.338 e. The van der Waals surface area contributed by atoms with E-state index in [0.717, 1.165) is 44.3 Å². The van der Waals surface area contributed by atoms with Crippen molar-refractivity contribution in [1.82, 2.24) is 19.4 Å². The van der Waals surface area contributed by atoms with Crippen LogP contribution in [0.1, 0.15) is 62.8 Å². The minimum absolute atomic E-state index is 0.205. The van der Waals surface area contributed by atoms with Gasteiger partial charge in [-0.3, -0.25) is 9.69 Å². The molecule has 1 fully saturated rings. The third-order valence-electron chi connectivity index (χ3n) is 5.60. The third kappa shape index (κ3) is 3.81. The first-order chi connectivity index (χ1) is 12.0. The minimum atomic E-state index is 0.205. The molecule has 1 saturated heterocycles. The minimum Gasteiger partial charge on any atom is -0.338 e. The average molecular weight is 345 g/mol. The Kier molecular flexibility index (Phi) is 5.62. The molecule has 0 saturated carbocycles. The van der Waals surface area contributed by atoms with Crippen LogP contribution < -0.4 is 0 Å². The summed E-state index contributed by atoms with van der Waals surface area (Å²) in [5, 5.41) is 0. The van der Waals surface area contributed by atoms with Gasteiger partial charge in [0.25, 0.3) is 0 Å². The van der Waals surface area contributed by atoms with Crippen molar-refractivity contribution in [3.63, 3.8) is 0 Å². The average Bonchev–Trinajstić information content (AvgIpc) is 3.17.